The molecule has 0 aromatic rings. The van der Waals surface area contributed by atoms with E-state index in [-0.39, 0.29) is 25.2 Å². The Hall–Kier alpha value is -2.40. The van der Waals surface area contributed by atoms with E-state index in [1.165, 1.54) is 128 Å². The van der Waals surface area contributed by atoms with Gasteiger partial charge in [-0.1, -0.05) is 210 Å². The van der Waals surface area contributed by atoms with E-state index in [1.807, 2.05) is 0 Å². The standard InChI is InChI=1S/C53H94O5/c1-4-7-10-13-16-19-22-25-27-29-31-34-37-40-43-46-52(54)57-50-51(49-56-48-45-42-39-36-33-30-26-23-20-17-14-11-8-5-2)58-53(55)47-44-41-38-35-32-28-24-21-18-15-12-9-6-3/h8,11,17,20-21,24,26,30,36,39,51H,4-7,9-10,12-16,18-19,22-23,25,27-29,31-35,37-38,40-50H2,1-3H3/b11-8-,20-17-,24-21-,30-26-,39-36-. The number of esters is 2. The predicted octanol–water partition coefficient (Wildman–Crippen LogP) is 16.6. The Bertz CT molecular complexity index is 1010. The molecule has 0 amide bonds. The number of hydrogen-bond donors (Lipinski definition) is 0. The van der Waals surface area contributed by atoms with Crippen LogP contribution in [0.3, 0.4) is 0 Å². The number of allylic oxidation sites excluding steroid dienone is 10. The molecule has 0 N–H and O–H groups in total. The molecule has 1 atom stereocenters. The maximum Gasteiger partial charge on any atom is 0.306 e. The van der Waals surface area contributed by atoms with Gasteiger partial charge in [-0.3, -0.25) is 9.59 Å². The Morgan fingerprint density at radius 1 is 0.397 bits per heavy atom. The van der Waals surface area contributed by atoms with Crippen molar-refractivity contribution in [3.05, 3.63) is 60.8 Å². The molecular weight excluding hydrogens is 717 g/mol. The lowest BCUT2D eigenvalue weighted by Crippen LogP contribution is -2.30. The third-order valence-corrected chi connectivity index (χ3v) is 10.5. The first kappa shape index (κ1) is 55.6. The van der Waals surface area contributed by atoms with Crippen molar-refractivity contribution in [2.24, 2.45) is 0 Å². The van der Waals surface area contributed by atoms with Crippen LogP contribution in [-0.2, 0) is 23.8 Å². The maximum atomic E-state index is 12.8. The van der Waals surface area contributed by atoms with Gasteiger partial charge in [-0.15, -0.1) is 0 Å². The fourth-order valence-corrected chi connectivity index (χ4v) is 6.86. The molecule has 0 heterocycles. The lowest BCUT2D eigenvalue weighted by molar-refractivity contribution is -0.163. The van der Waals surface area contributed by atoms with Gasteiger partial charge in [-0.2, -0.15) is 0 Å². The summed E-state index contributed by atoms with van der Waals surface area (Å²) in [4.78, 5) is 25.3. The molecule has 0 fully saturated rings. The lowest BCUT2D eigenvalue weighted by Gasteiger charge is -2.18. The number of hydrogen-bond acceptors (Lipinski definition) is 5. The summed E-state index contributed by atoms with van der Waals surface area (Å²) >= 11 is 0. The molecule has 58 heavy (non-hydrogen) atoms. The van der Waals surface area contributed by atoms with Crippen LogP contribution >= 0.6 is 0 Å². The van der Waals surface area contributed by atoms with Crippen LogP contribution in [0.2, 0.25) is 0 Å². The van der Waals surface area contributed by atoms with Gasteiger partial charge in [0.1, 0.15) is 6.61 Å². The zero-order valence-corrected chi connectivity index (χ0v) is 38.6. The first-order valence-corrected chi connectivity index (χ1v) is 24.8. The number of carbonyl (C=O) groups excluding carboxylic acids is 2. The highest BCUT2D eigenvalue weighted by Crippen LogP contribution is 2.15. The second-order valence-electron chi connectivity index (χ2n) is 16.3. The van der Waals surface area contributed by atoms with Crippen molar-refractivity contribution in [1.29, 1.82) is 0 Å². The molecule has 1 unspecified atom stereocenters. The summed E-state index contributed by atoms with van der Waals surface area (Å²) in [6.45, 7) is 7.57. The molecule has 0 radical (unpaired) electrons. The van der Waals surface area contributed by atoms with Gasteiger partial charge in [-0.05, 0) is 77.0 Å². The van der Waals surface area contributed by atoms with Crippen molar-refractivity contribution in [2.75, 3.05) is 19.8 Å². The maximum absolute atomic E-state index is 12.8. The van der Waals surface area contributed by atoms with Gasteiger partial charge >= 0.3 is 11.9 Å². The molecule has 0 aromatic carbocycles. The molecule has 0 rings (SSSR count). The Balaban J connectivity index is 4.33. The summed E-state index contributed by atoms with van der Waals surface area (Å²) in [5.41, 5.74) is 0. The topological polar surface area (TPSA) is 61.8 Å². The van der Waals surface area contributed by atoms with Gasteiger partial charge in [0.25, 0.3) is 0 Å². The molecule has 0 aromatic heterocycles. The second-order valence-corrected chi connectivity index (χ2v) is 16.3. The summed E-state index contributed by atoms with van der Waals surface area (Å²) in [6.07, 6.45) is 60.9. The summed E-state index contributed by atoms with van der Waals surface area (Å²) in [6, 6.07) is 0. The molecule has 5 nitrogen and oxygen atoms in total. The van der Waals surface area contributed by atoms with E-state index < -0.39 is 6.10 Å². The molecule has 0 spiro atoms. The number of unbranched alkanes of at least 4 members (excludes halogenated alkanes) is 24. The minimum atomic E-state index is -0.566. The zero-order valence-electron chi connectivity index (χ0n) is 38.6. The number of carbonyl (C=O) groups is 2. The highest BCUT2D eigenvalue weighted by molar-refractivity contribution is 5.70. The van der Waals surface area contributed by atoms with Crippen molar-refractivity contribution >= 4 is 11.9 Å². The van der Waals surface area contributed by atoms with Crippen molar-refractivity contribution in [3.63, 3.8) is 0 Å². The lowest BCUT2D eigenvalue weighted by atomic mass is 10.0. The molecule has 0 saturated heterocycles. The van der Waals surface area contributed by atoms with Gasteiger partial charge < -0.3 is 14.2 Å². The highest BCUT2D eigenvalue weighted by atomic mass is 16.6. The monoisotopic (exact) mass is 811 g/mol. The van der Waals surface area contributed by atoms with Gasteiger partial charge in [0.05, 0.1) is 6.61 Å². The Morgan fingerprint density at radius 3 is 1.28 bits per heavy atom. The molecule has 0 aliphatic rings. The molecular formula is C53H94O5. The summed E-state index contributed by atoms with van der Waals surface area (Å²) in [7, 11) is 0. The Kier molecular flexibility index (Phi) is 46.9. The highest BCUT2D eigenvalue weighted by Gasteiger charge is 2.17. The van der Waals surface area contributed by atoms with E-state index in [9.17, 15) is 9.59 Å². The molecule has 0 aliphatic carbocycles. The van der Waals surface area contributed by atoms with Crippen LogP contribution in [0.5, 0.6) is 0 Å². The van der Waals surface area contributed by atoms with E-state index in [4.69, 9.17) is 14.2 Å². The molecule has 336 valence electrons. The normalized spacial score (nSPS) is 12.7. The summed E-state index contributed by atoms with van der Waals surface area (Å²) in [5, 5.41) is 0. The van der Waals surface area contributed by atoms with Crippen LogP contribution in [0.4, 0.5) is 0 Å². The molecule has 0 aliphatic heterocycles. The average molecular weight is 811 g/mol. The van der Waals surface area contributed by atoms with E-state index in [0.29, 0.717) is 19.4 Å². The third-order valence-electron chi connectivity index (χ3n) is 10.5. The average Bonchev–Trinajstić information content (AvgIpc) is 3.22. The SMILES string of the molecule is CC/C=C\C/C=C\C/C=C\C/C=C\CCCOCC(COC(=O)CCCCCCCCCCCCCCCCC)OC(=O)CCCCCCC/C=C\CCCCCC. The van der Waals surface area contributed by atoms with Crippen molar-refractivity contribution in [2.45, 2.75) is 245 Å². The minimum absolute atomic E-state index is 0.0618. The first-order chi connectivity index (χ1) is 28.6. The fraction of sp³-hybridized carbons (Fsp3) is 0.774. The molecule has 0 bridgehead atoms. The van der Waals surface area contributed by atoms with E-state index >= 15 is 0 Å². The third kappa shape index (κ3) is 46.3. The van der Waals surface area contributed by atoms with Gasteiger partial charge in [-0.25, -0.2) is 0 Å². The van der Waals surface area contributed by atoms with Crippen LogP contribution in [-0.4, -0.2) is 37.9 Å². The molecule has 5 heteroatoms. The fourth-order valence-electron chi connectivity index (χ4n) is 6.86. The van der Waals surface area contributed by atoms with Crippen LogP contribution < -0.4 is 0 Å². The second kappa shape index (κ2) is 49.0. The Morgan fingerprint density at radius 2 is 0.776 bits per heavy atom. The zero-order chi connectivity index (χ0) is 42.1. The van der Waals surface area contributed by atoms with E-state index in [1.54, 1.807) is 0 Å². The van der Waals surface area contributed by atoms with Crippen LogP contribution in [0.15, 0.2) is 60.8 Å². The minimum Gasteiger partial charge on any atom is -0.462 e. The van der Waals surface area contributed by atoms with Crippen molar-refractivity contribution in [3.8, 4) is 0 Å². The largest absolute Gasteiger partial charge is 0.462 e. The first-order valence-electron chi connectivity index (χ1n) is 24.8. The van der Waals surface area contributed by atoms with Gasteiger partial charge in [0.2, 0.25) is 0 Å². The van der Waals surface area contributed by atoms with Crippen LogP contribution in [0.1, 0.15) is 239 Å². The van der Waals surface area contributed by atoms with Crippen LogP contribution in [0, 0.1) is 0 Å². The Labute approximate surface area is 360 Å². The van der Waals surface area contributed by atoms with Crippen LogP contribution in [0.25, 0.3) is 0 Å². The molecule has 0 saturated carbocycles. The smallest absolute Gasteiger partial charge is 0.306 e. The quantitative estimate of drug-likeness (QED) is 0.0348. The van der Waals surface area contributed by atoms with E-state index in [2.05, 4.69) is 81.5 Å². The van der Waals surface area contributed by atoms with Crippen molar-refractivity contribution < 1.29 is 23.8 Å². The summed E-state index contributed by atoms with van der Waals surface area (Å²) in [5.74, 6) is -0.431. The van der Waals surface area contributed by atoms with Gasteiger partial charge in [0.15, 0.2) is 6.10 Å². The summed E-state index contributed by atoms with van der Waals surface area (Å²) < 4.78 is 17.3. The number of rotatable bonds is 45. The van der Waals surface area contributed by atoms with Crippen molar-refractivity contribution in [1.82, 2.24) is 0 Å². The number of ether oxygens (including phenoxy) is 3. The predicted molar refractivity (Wildman–Crippen MR) is 251 cm³/mol. The van der Waals surface area contributed by atoms with E-state index in [0.717, 1.165) is 77.0 Å². The van der Waals surface area contributed by atoms with Gasteiger partial charge in [0, 0.05) is 19.4 Å².